The average Bonchev–Trinajstić information content (AvgIpc) is 1.40. The van der Waals surface area contributed by atoms with Crippen LogP contribution in [0.3, 0.4) is 0 Å². The quantitative estimate of drug-likeness (QED) is 0.0581. The number of nitriles is 2. The predicted molar refractivity (Wildman–Crippen MR) is 452 cm³/mol. The molecule has 0 aliphatic heterocycles. The van der Waals surface area contributed by atoms with Gasteiger partial charge in [-0.1, -0.05) is 23.2 Å². The SMILES string of the molecule is CCOc1ccc(Oc2cc(=O)n(-c3ccc(OC(F)(F)F)cc3)cc2-c2cnn(C)c2)cc1C#N.CCOc1ccc(Oc2cc(=O)n(-c3ccc(OC(F)(F)F)cc3)cc2-c2cnn(C)c2)cc1Cl.Cn1cc(-c2cn(-c3ccc(OC(F)(F)F)cc3)c(=O)cc2C(=O)O)cn1.Cn1cc(-c2cn(-c3ccc(OC(F)(F)F)cc3)c(=O)cc2Oc2cc(Cl)cc(C#N)c2)cn1. The Balaban J connectivity index is 0.000000160. The van der Waals surface area contributed by atoms with E-state index in [1.807, 2.05) is 13.0 Å². The molecule has 0 fully saturated rings. The van der Waals surface area contributed by atoms with Gasteiger partial charge < -0.3 is 47.7 Å². The van der Waals surface area contributed by atoms with Crippen molar-refractivity contribution in [3.63, 3.8) is 0 Å². The van der Waals surface area contributed by atoms with Crippen LogP contribution in [0.4, 0.5) is 52.7 Å². The van der Waals surface area contributed by atoms with Crippen LogP contribution in [0.25, 0.3) is 67.3 Å². The monoisotopic (exact) mass is 1870 g/mol. The molecule has 7 aromatic carbocycles. The molecule has 0 aliphatic rings. The normalized spacial score (nSPS) is 11.3. The lowest BCUT2D eigenvalue weighted by Crippen LogP contribution is -2.20. The molecule has 0 radical (unpaired) electrons. The van der Waals surface area contributed by atoms with Crippen molar-refractivity contribution in [2.75, 3.05) is 13.2 Å². The molecule has 8 heterocycles. The van der Waals surface area contributed by atoms with Crippen LogP contribution in [0.1, 0.15) is 35.3 Å². The van der Waals surface area contributed by atoms with Crippen molar-refractivity contribution in [2.24, 2.45) is 28.2 Å². The number of aryl methyl sites for hydroxylation is 4. The molecular weight excluding hydrogens is 1800 g/mol. The number of benzene rings is 7. The highest BCUT2D eigenvalue weighted by molar-refractivity contribution is 6.32. The molecule has 132 heavy (non-hydrogen) atoms. The zero-order chi connectivity index (χ0) is 95.3. The number of ether oxygens (including phenoxy) is 9. The van der Waals surface area contributed by atoms with Gasteiger partial charge in [-0.25, -0.2) is 4.79 Å². The highest BCUT2D eigenvalue weighted by atomic mass is 35.5. The van der Waals surface area contributed by atoms with Gasteiger partial charge >= 0.3 is 31.4 Å². The van der Waals surface area contributed by atoms with Crippen molar-refractivity contribution in [3.05, 3.63) is 318 Å². The molecule has 0 amide bonds. The summed E-state index contributed by atoms with van der Waals surface area (Å²) in [5.74, 6) is -0.448. The molecule has 15 rings (SSSR count). The number of halogens is 14. The topological polar surface area (TPSA) is 327 Å². The third-order valence-electron chi connectivity index (χ3n) is 18.0. The number of carboxylic acids is 1. The second kappa shape index (κ2) is 40.3. The Hall–Kier alpha value is -16.4. The molecule has 29 nitrogen and oxygen atoms in total. The Morgan fingerprint density at radius 2 is 0.667 bits per heavy atom. The number of carbonyl (C=O) groups is 1. The van der Waals surface area contributed by atoms with E-state index in [1.165, 1.54) is 140 Å². The number of hydrogen-bond acceptors (Lipinski definition) is 20. The summed E-state index contributed by atoms with van der Waals surface area (Å²) < 4.78 is 204. The molecule has 0 saturated carbocycles. The van der Waals surface area contributed by atoms with Crippen LogP contribution < -0.4 is 64.9 Å². The van der Waals surface area contributed by atoms with Gasteiger partial charge in [-0.05, 0) is 153 Å². The number of rotatable bonds is 23. The fourth-order valence-electron chi connectivity index (χ4n) is 12.5. The molecule has 8 aromatic heterocycles. The summed E-state index contributed by atoms with van der Waals surface area (Å²) in [6.07, 6.45) is -0.515. The van der Waals surface area contributed by atoms with Gasteiger partial charge in [0, 0.05) is 186 Å². The van der Waals surface area contributed by atoms with Crippen LogP contribution in [-0.4, -0.2) is 107 Å². The van der Waals surface area contributed by atoms with Crippen molar-refractivity contribution in [1.82, 2.24) is 57.4 Å². The van der Waals surface area contributed by atoms with E-state index in [4.69, 9.17) is 46.9 Å². The zero-order valence-electron chi connectivity index (χ0n) is 68.8. The van der Waals surface area contributed by atoms with Crippen LogP contribution >= 0.6 is 23.2 Å². The van der Waals surface area contributed by atoms with Crippen LogP contribution in [-0.2, 0) is 28.2 Å². The first kappa shape index (κ1) is 94.7. The fraction of sp³-hybridized carbons (Fsp3) is 0.135. The third kappa shape index (κ3) is 25.1. The second-order valence-electron chi connectivity index (χ2n) is 27.5. The Labute approximate surface area is 746 Å². The minimum atomic E-state index is -4.82. The molecule has 0 spiro atoms. The summed E-state index contributed by atoms with van der Waals surface area (Å²) in [6.45, 7) is 4.48. The molecule has 0 unspecified atom stereocenters. The number of alkyl halides is 12. The number of aromatic nitrogens is 12. The highest BCUT2D eigenvalue weighted by Crippen LogP contribution is 2.41. The van der Waals surface area contributed by atoms with Gasteiger partial charge in [-0.2, -0.15) is 30.9 Å². The third-order valence-corrected chi connectivity index (χ3v) is 18.6. The molecule has 43 heteroatoms. The molecule has 0 saturated heterocycles. The number of hydrogen-bond donors (Lipinski definition) is 1. The maximum absolute atomic E-state index is 13.0. The summed E-state index contributed by atoms with van der Waals surface area (Å²) in [4.78, 5) is 62.6. The summed E-state index contributed by atoms with van der Waals surface area (Å²) in [5.41, 5.74) is 3.56. The van der Waals surface area contributed by atoms with E-state index in [1.54, 1.807) is 123 Å². The van der Waals surface area contributed by atoms with Crippen molar-refractivity contribution >= 4 is 29.2 Å². The predicted octanol–water partition coefficient (Wildman–Crippen LogP) is 19.5. The van der Waals surface area contributed by atoms with E-state index in [2.05, 4.69) is 45.4 Å². The van der Waals surface area contributed by atoms with Crippen LogP contribution in [0, 0.1) is 22.7 Å². The Kier molecular flexibility index (Phi) is 28.9. The number of aromatic carboxylic acids is 1. The highest BCUT2D eigenvalue weighted by Gasteiger charge is 2.34. The second-order valence-corrected chi connectivity index (χ2v) is 28.3. The van der Waals surface area contributed by atoms with Crippen LogP contribution in [0.2, 0.25) is 10.0 Å². The number of nitrogens with zero attached hydrogens (tertiary/aromatic N) is 14. The molecule has 15 aromatic rings. The van der Waals surface area contributed by atoms with Gasteiger partial charge in [0.25, 0.3) is 22.2 Å². The lowest BCUT2D eigenvalue weighted by Gasteiger charge is -2.15. The molecule has 0 aliphatic carbocycles. The maximum atomic E-state index is 13.0. The number of pyridine rings is 4. The summed E-state index contributed by atoms with van der Waals surface area (Å²) in [6, 6.07) is 42.2. The van der Waals surface area contributed by atoms with Crippen molar-refractivity contribution in [2.45, 2.75) is 39.3 Å². The minimum Gasteiger partial charge on any atom is -0.492 e. The lowest BCUT2D eigenvalue weighted by molar-refractivity contribution is -0.275. The van der Waals surface area contributed by atoms with E-state index in [0.29, 0.717) is 97.2 Å². The standard InChI is InChI=1S/C25H19F3N4O4.C24H19ClF3N3O4.C23H14ClF3N4O3.C17H12F3N3O4/c1-3-34-22-9-8-20(10-16(22)12-29)35-23-11-24(33)32(15-21(23)17-13-30-31(2)14-17)18-4-6-19(7-5-18)36-25(26,27)28;1-3-33-21-9-8-18(10-20(21)25)34-22-11-23(32)31(14-19(22)15-12-29-30(2)13-15)16-4-6-17(7-5-16)35-24(26,27)28;1-30-12-15(11-29-30)20-13-31(17-2-4-18(5-3-17)34-23(25,26)27)22(32)9-21(20)33-19-7-14(10-28)6-16(24)8-19;1-22-8-10(7-21-22)14-9-23(15(24)6-13(14)16(25)26)11-2-4-12(5-3-11)27-17(18,19)20/h4-11,13-15H,3H2,1-2H3;4-14H,3H2,1-2H3;2-9,11-13H,1H3;2-9H,1H3,(H,25,26). The smallest absolute Gasteiger partial charge is 0.492 e. The maximum Gasteiger partial charge on any atom is 0.573 e. The molecule has 0 atom stereocenters. The van der Waals surface area contributed by atoms with Crippen molar-refractivity contribution in [1.29, 1.82) is 10.5 Å². The van der Waals surface area contributed by atoms with Gasteiger partial charge in [0.2, 0.25) is 0 Å². The fourth-order valence-corrected chi connectivity index (χ4v) is 12.9. The van der Waals surface area contributed by atoms with Gasteiger partial charge in [-0.15, -0.1) is 52.7 Å². The Morgan fingerprint density at radius 3 is 0.970 bits per heavy atom. The van der Waals surface area contributed by atoms with E-state index < -0.39 is 76.7 Å². The zero-order valence-corrected chi connectivity index (χ0v) is 70.3. The first-order chi connectivity index (χ1) is 62.5. The first-order valence-electron chi connectivity index (χ1n) is 38.1. The molecule has 1 N–H and O–H groups in total. The lowest BCUT2D eigenvalue weighted by atomic mass is 10.1. The van der Waals surface area contributed by atoms with Gasteiger partial charge in [-0.3, -0.25) is 56.2 Å². The summed E-state index contributed by atoms with van der Waals surface area (Å²) in [5, 5.41) is 45.1. The van der Waals surface area contributed by atoms with E-state index in [0.717, 1.165) is 59.2 Å². The minimum absolute atomic E-state index is 0.178. The van der Waals surface area contributed by atoms with Crippen molar-refractivity contribution in [3.8, 4) is 148 Å². The van der Waals surface area contributed by atoms with Gasteiger partial charge in [0.15, 0.2) is 0 Å². The molecular formula is C89H64Cl2F12N14O15. The largest absolute Gasteiger partial charge is 0.573 e. The number of carboxylic acid groups (broad SMARTS) is 1. The Bertz CT molecular complexity index is 7060. The van der Waals surface area contributed by atoms with E-state index in [9.17, 15) is 92.3 Å². The molecule has 0 bridgehead atoms. The van der Waals surface area contributed by atoms with E-state index >= 15 is 0 Å². The Morgan fingerprint density at radius 1 is 0.364 bits per heavy atom. The summed E-state index contributed by atoms with van der Waals surface area (Å²) in [7, 11) is 6.84. The first-order valence-corrected chi connectivity index (χ1v) is 38.8. The summed E-state index contributed by atoms with van der Waals surface area (Å²) >= 11 is 12.3. The van der Waals surface area contributed by atoms with E-state index in [-0.39, 0.29) is 56.0 Å². The average molecular weight is 1870 g/mol. The van der Waals surface area contributed by atoms with Crippen LogP contribution in [0.15, 0.2) is 269 Å². The van der Waals surface area contributed by atoms with Gasteiger partial charge in [0.05, 0.1) is 65.8 Å². The van der Waals surface area contributed by atoms with Crippen LogP contribution in [0.5, 0.6) is 69.0 Å². The van der Waals surface area contributed by atoms with Gasteiger partial charge in [0.1, 0.15) is 75.1 Å². The van der Waals surface area contributed by atoms with Crippen molar-refractivity contribution < 1.29 is 105 Å². The molecule has 678 valence electrons.